The zero-order valence-electron chi connectivity index (χ0n) is 7.87. The lowest BCUT2D eigenvalue weighted by atomic mass is 9.92. The molecule has 0 aromatic carbocycles. The van der Waals surface area contributed by atoms with Crippen molar-refractivity contribution in [3.05, 3.63) is 24.5 Å². The summed E-state index contributed by atoms with van der Waals surface area (Å²) in [5, 5.41) is 0. The van der Waals surface area contributed by atoms with Gasteiger partial charge < -0.3 is 0 Å². The van der Waals surface area contributed by atoms with Crippen LogP contribution >= 0.6 is 0 Å². The first kappa shape index (κ1) is 9.04. The first-order valence-electron chi connectivity index (χ1n) is 4.15. The molecule has 0 radical (unpaired) electrons. The Hall–Kier alpha value is -1.05. The molecule has 0 bridgehead atoms. The Morgan fingerprint density at radius 1 is 1.25 bits per heavy atom. The molecule has 1 heterocycles. The van der Waals surface area contributed by atoms with E-state index in [4.69, 9.17) is 0 Å². The lowest BCUT2D eigenvalue weighted by Gasteiger charge is -2.16. The summed E-state index contributed by atoms with van der Waals surface area (Å²) in [5.74, 6) is 0.160. The predicted octanol–water partition coefficient (Wildman–Crippen LogP) is 2.56. The van der Waals surface area contributed by atoms with E-state index in [1.54, 1.807) is 17.0 Å². The Bertz CT molecular complexity index is 254. The fraction of sp³-hybridized carbons (Fsp3) is 0.500. The first-order chi connectivity index (χ1) is 5.49. The van der Waals surface area contributed by atoms with E-state index in [9.17, 15) is 4.79 Å². The molecule has 2 nitrogen and oxygen atoms in total. The second kappa shape index (κ2) is 3.13. The van der Waals surface area contributed by atoms with Crippen LogP contribution in [0.2, 0.25) is 0 Å². The predicted molar refractivity (Wildman–Crippen MR) is 49.1 cm³/mol. The largest absolute Gasteiger partial charge is 0.295 e. The molecule has 1 aromatic rings. The molecule has 0 N–H and O–H groups in total. The van der Waals surface area contributed by atoms with E-state index in [-0.39, 0.29) is 11.3 Å². The van der Waals surface area contributed by atoms with Gasteiger partial charge >= 0.3 is 0 Å². The number of hydrogen-bond acceptors (Lipinski definition) is 1. The van der Waals surface area contributed by atoms with Crippen molar-refractivity contribution < 1.29 is 4.79 Å². The Labute approximate surface area is 73.2 Å². The maximum atomic E-state index is 11.5. The topological polar surface area (TPSA) is 22.0 Å². The monoisotopic (exact) mass is 165 g/mol. The summed E-state index contributed by atoms with van der Waals surface area (Å²) in [6.45, 7) is 6.19. The molecule has 0 saturated heterocycles. The number of nitrogens with zero attached hydrogens (tertiary/aromatic N) is 1. The molecule has 0 amide bonds. The van der Waals surface area contributed by atoms with Gasteiger partial charge in [0.15, 0.2) is 0 Å². The van der Waals surface area contributed by atoms with Crippen LogP contribution in [0.3, 0.4) is 0 Å². The molecule has 2 heteroatoms. The van der Waals surface area contributed by atoms with Gasteiger partial charge in [-0.15, -0.1) is 0 Å². The number of aromatic nitrogens is 1. The molecule has 0 fully saturated rings. The number of carbonyl (C=O) groups is 1. The minimum absolute atomic E-state index is 0.0708. The van der Waals surface area contributed by atoms with E-state index in [2.05, 4.69) is 20.8 Å². The number of carbonyl (C=O) groups excluding carboxylic acids is 1. The van der Waals surface area contributed by atoms with E-state index in [1.165, 1.54) is 0 Å². The summed E-state index contributed by atoms with van der Waals surface area (Å²) < 4.78 is 1.63. The van der Waals surface area contributed by atoms with Crippen molar-refractivity contribution in [2.45, 2.75) is 27.2 Å². The van der Waals surface area contributed by atoms with Crippen molar-refractivity contribution >= 4 is 5.91 Å². The molecule has 1 aromatic heterocycles. The zero-order chi connectivity index (χ0) is 9.19. The van der Waals surface area contributed by atoms with Crippen LogP contribution in [0.25, 0.3) is 0 Å². The number of hydrogen-bond donors (Lipinski definition) is 0. The van der Waals surface area contributed by atoms with E-state index in [0.717, 1.165) is 0 Å². The smallest absolute Gasteiger partial charge is 0.231 e. The molecule has 0 saturated carbocycles. The van der Waals surface area contributed by atoms with Gasteiger partial charge in [0.1, 0.15) is 0 Å². The standard InChI is InChI=1S/C10H15NO/c1-10(2,3)8-9(12)11-6-4-5-7-11/h4-7H,8H2,1-3H3. The van der Waals surface area contributed by atoms with Crippen molar-refractivity contribution in [3.63, 3.8) is 0 Å². The molecule has 12 heavy (non-hydrogen) atoms. The van der Waals surface area contributed by atoms with Crippen molar-refractivity contribution in [2.24, 2.45) is 5.41 Å². The minimum Gasteiger partial charge on any atom is -0.295 e. The van der Waals surface area contributed by atoms with Crippen LogP contribution in [0.1, 0.15) is 32.0 Å². The molecule has 0 aliphatic rings. The van der Waals surface area contributed by atoms with E-state index in [1.807, 2.05) is 12.1 Å². The SMILES string of the molecule is CC(C)(C)CC(=O)n1cccc1. The summed E-state index contributed by atoms with van der Waals surface area (Å²) in [4.78, 5) is 11.5. The maximum Gasteiger partial charge on any atom is 0.231 e. The van der Waals surface area contributed by atoms with Crippen LogP contribution in [0.5, 0.6) is 0 Å². The van der Waals surface area contributed by atoms with Crippen LogP contribution in [0, 0.1) is 5.41 Å². The highest BCUT2D eigenvalue weighted by Crippen LogP contribution is 2.19. The lowest BCUT2D eigenvalue weighted by Crippen LogP contribution is -2.17. The van der Waals surface area contributed by atoms with Gasteiger partial charge in [0.05, 0.1) is 0 Å². The summed E-state index contributed by atoms with van der Waals surface area (Å²) in [6.07, 6.45) is 4.16. The summed E-state index contributed by atoms with van der Waals surface area (Å²) in [6, 6.07) is 3.72. The fourth-order valence-electron chi connectivity index (χ4n) is 1.05. The van der Waals surface area contributed by atoms with Crippen LogP contribution in [-0.4, -0.2) is 10.5 Å². The third-order valence-electron chi connectivity index (χ3n) is 1.57. The normalized spacial score (nSPS) is 11.6. The molecule has 0 atom stereocenters. The quantitative estimate of drug-likeness (QED) is 0.626. The Balaban J connectivity index is 2.63. The van der Waals surface area contributed by atoms with Crippen LogP contribution in [0.15, 0.2) is 24.5 Å². The zero-order valence-corrected chi connectivity index (χ0v) is 7.87. The molecule has 0 aliphatic carbocycles. The maximum absolute atomic E-state index is 11.5. The van der Waals surface area contributed by atoms with E-state index in [0.29, 0.717) is 6.42 Å². The minimum atomic E-state index is 0.0708. The molecule has 0 aliphatic heterocycles. The first-order valence-corrected chi connectivity index (χ1v) is 4.15. The highest BCUT2D eigenvalue weighted by atomic mass is 16.1. The molecular weight excluding hydrogens is 150 g/mol. The molecule has 0 unspecified atom stereocenters. The van der Waals surface area contributed by atoms with Gasteiger partial charge in [-0.25, -0.2) is 0 Å². The van der Waals surface area contributed by atoms with Gasteiger partial charge in [-0.1, -0.05) is 20.8 Å². The lowest BCUT2D eigenvalue weighted by molar-refractivity contribution is 0.0857. The highest BCUT2D eigenvalue weighted by molar-refractivity contribution is 5.79. The molecular formula is C10H15NO. The van der Waals surface area contributed by atoms with Crippen molar-refractivity contribution in [1.82, 2.24) is 4.57 Å². The van der Waals surface area contributed by atoms with Crippen molar-refractivity contribution in [3.8, 4) is 0 Å². The van der Waals surface area contributed by atoms with Crippen LogP contribution < -0.4 is 0 Å². The molecule has 1 rings (SSSR count). The van der Waals surface area contributed by atoms with Crippen molar-refractivity contribution in [2.75, 3.05) is 0 Å². The van der Waals surface area contributed by atoms with Gasteiger partial charge in [0.2, 0.25) is 5.91 Å². The van der Waals surface area contributed by atoms with Crippen LogP contribution in [-0.2, 0) is 0 Å². The summed E-state index contributed by atoms with van der Waals surface area (Å²) in [7, 11) is 0. The Kier molecular flexibility index (Phi) is 2.36. The Morgan fingerprint density at radius 2 is 1.75 bits per heavy atom. The van der Waals surface area contributed by atoms with Crippen LogP contribution in [0.4, 0.5) is 0 Å². The number of rotatable bonds is 1. The third-order valence-corrected chi connectivity index (χ3v) is 1.57. The second-order valence-electron chi connectivity index (χ2n) is 4.22. The molecule has 66 valence electrons. The average Bonchev–Trinajstić information content (AvgIpc) is 2.32. The summed E-state index contributed by atoms with van der Waals surface area (Å²) in [5.41, 5.74) is 0.0708. The van der Waals surface area contributed by atoms with E-state index >= 15 is 0 Å². The third kappa shape index (κ3) is 2.53. The van der Waals surface area contributed by atoms with Crippen molar-refractivity contribution in [1.29, 1.82) is 0 Å². The second-order valence-corrected chi connectivity index (χ2v) is 4.22. The fourth-order valence-corrected chi connectivity index (χ4v) is 1.05. The van der Waals surface area contributed by atoms with Gasteiger partial charge in [-0.2, -0.15) is 0 Å². The molecule has 0 spiro atoms. The van der Waals surface area contributed by atoms with Gasteiger partial charge in [0, 0.05) is 18.8 Å². The highest BCUT2D eigenvalue weighted by Gasteiger charge is 2.16. The van der Waals surface area contributed by atoms with Gasteiger partial charge in [-0.3, -0.25) is 9.36 Å². The van der Waals surface area contributed by atoms with Gasteiger partial charge in [-0.05, 0) is 17.5 Å². The summed E-state index contributed by atoms with van der Waals surface area (Å²) >= 11 is 0. The van der Waals surface area contributed by atoms with Gasteiger partial charge in [0.25, 0.3) is 0 Å². The average molecular weight is 165 g/mol. The Morgan fingerprint density at radius 3 is 2.17 bits per heavy atom. The van der Waals surface area contributed by atoms with E-state index < -0.39 is 0 Å².